The van der Waals surface area contributed by atoms with Crippen LogP contribution in [0.4, 0.5) is 0 Å². The predicted molar refractivity (Wildman–Crippen MR) is 131 cm³/mol. The third-order valence-corrected chi connectivity index (χ3v) is 6.43. The summed E-state index contributed by atoms with van der Waals surface area (Å²) in [5, 5.41) is 0.759. The molecule has 3 rings (SSSR count). The lowest BCUT2D eigenvalue weighted by Gasteiger charge is -2.35. The lowest BCUT2D eigenvalue weighted by Crippen LogP contribution is -2.41. The minimum Gasteiger partial charge on any atom is -0.469 e. The first kappa shape index (κ1) is 24.8. The largest absolute Gasteiger partial charge is 0.469 e. The molecule has 0 aromatic heterocycles. The number of nitrogens with zero attached hydrogens (tertiary/aromatic N) is 1. The summed E-state index contributed by atoms with van der Waals surface area (Å²) >= 11 is 5.99. The maximum absolute atomic E-state index is 11.2. The fourth-order valence-corrected chi connectivity index (χ4v) is 4.38. The number of methoxy groups -OCH3 is 1. The summed E-state index contributed by atoms with van der Waals surface area (Å²) in [5.41, 5.74) is 3.57. The van der Waals surface area contributed by atoms with Crippen LogP contribution >= 0.6 is 11.6 Å². The summed E-state index contributed by atoms with van der Waals surface area (Å²) in [6, 6.07) is 16.6. The maximum Gasteiger partial charge on any atom is 0.305 e. The zero-order chi connectivity index (χ0) is 22.6. The fourth-order valence-electron chi connectivity index (χ4n) is 4.25. The second kappa shape index (κ2) is 13.6. The topological polar surface area (TPSA) is 38.8 Å². The van der Waals surface area contributed by atoms with E-state index < -0.39 is 0 Å². The molecule has 1 aliphatic heterocycles. The Balaban J connectivity index is 1.38. The van der Waals surface area contributed by atoms with Gasteiger partial charge >= 0.3 is 5.97 Å². The van der Waals surface area contributed by atoms with E-state index in [1.54, 1.807) is 0 Å². The summed E-state index contributed by atoms with van der Waals surface area (Å²) in [4.78, 5) is 13.7. The van der Waals surface area contributed by atoms with Crippen molar-refractivity contribution < 1.29 is 14.3 Å². The average molecular weight is 458 g/mol. The van der Waals surface area contributed by atoms with Crippen molar-refractivity contribution in [1.29, 1.82) is 0 Å². The molecular weight excluding hydrogens is 422 g/mol. The van der Waals surface area contributed by atoms with Crippen molar-refractivity contribution in [3.8, 4) is 11.1 Å². The third kappa shape index (κ3) is 8.23. The number of halogens is 1. The van der Waals surface area contributed by atoms with Crippen LogP contribution in [-0.4, -0.2) is 37.3 Å². The van der Waals surface area contributed by atoms with E-state index in [1.807, 2.05) is 24.3 Å². The molecule has 32 heavy (non-hydrogen) atoms. The molecule has 2 aromatic rings. The van der Waals surface area contributed by atoms with E-state index in [2.05, 4.69) is 33.9 Å². The highest BCUT2D eigenvalue weighted by Crippen LogP contribution is 2.24. The van der Waals surface area contributed by atoms with Gasteiger partial charge < -0.3 is 9.47 Å². The van der Waals surface area contributed by atoms with E-state index in [4.69, 9.17) is 16.3 Å². The van der Waals surface area contributed by atoms with Crippen LogP contribution in [0.3, 0.4) is 0 Å². The minimum atomic E-state index is -0.0991. The molecule has 0 aliphatic carbocycles. The second-order valence-electron chi connectivity index (χ2n) is 8.60. The molecule has 0 bridgehead atoms. The first-order chi connectivity index (χ1) is 15.7. The van der Waals surface area contributed by atoms with E-state index in [1.165, 1.54) is 55.9 Å². The van der Waals surface area contributed by atoms with Crippen LogP contribution < -0.4 is 0 Å². The van der Waals surface area contributed by atoms with E-state index in [0.29, 0.717) is 13.0 Å². The van der Waals surface area contributed by atoms with Crippen LogP contribution in [0.15, 0.2) is 48.5 Å². The highest BCUT2D eigenvalue weighted by atomic mass is 35.5. The Morgan fingerprint density at radius 3 is 2.31 bits per heavy atom. The Kier molecular flexibility index (Phi) is 10.5. The van der Waals surface area contributed by atoms with Gasteiger partial charge in [0, 0.05) is 24.5 Å². The number of benzene rings is 2. The van der Waals surface area contributed by atoms with Crippen LogP contribution in [0, 0.1) is 0 Å². The SMILES string of the molecule is COC(=O)CCCCCCCN1CCCCC1OCc1ccc(-c2ccc(Cl)cc2)cc1. The number of ether oxygens (including phenoxy) is 2. The van der Waals surface area contributed by atoms with Crippen LogP contribution in [0.25, 0.3) is 11.1 Å². The van der Waals surface area contributed by atoms with Gasteiger partial charge in [0.1, 0.15) is 6.23 Å². The molecule has 5 heteroatoms. The number of piperidine rings is 1. The Bertz CT molecular complexity index is 807. The van der Waals surface area contributed by atoms with E-state index in [0.717, 1.165) is 37.4 Å². The highest BCUT2D eigenvalue weighted by Gasteiger charge is 2.22. The van der Waals surface area contributed by atoms with E-state index in [9.17, 15) is 4.79 Å². The van der Waals surface area contributed by atoms with Gasteiger partial charge in [-0.1, -0.05) is 67.3 Å². The number of hydrogen-bond donors (Lipinski definition) is 0. The molecular formula is C27H36ClNO3. The van der Waals surface area contributed by atoms with Crippen LogP contribution in [0.2, 0.25) is 5.02 Å². The molecule has 1 fully saturated rings. The molecule has 0 spiro atoms. The number of unbranched alkanes of at least 4 members (excludes halogenated alkanes) is 4. The lowest BCUT2D eigenvalue weighted by atomic mass is 10.0. The van der Waals surface area contributed by atoms with E-state index >= 15 is 0 Å². The molecule has 1 atom stereocenters. The normalized spacial score (nSPS) is 16.8. The predicted octanol–water partition coefficient (Wildman–Crippen LogP) is 6.85. The van der Waals surface area contributed by atoms with Crippen molar-refractivity contribution >= 4 is 17.6 Å². The molecule has 2 aromatic carbocycles. The number of rotatable bonds is 12. The summed E-state index contributed by atoms with van der Waals surface area (Å²) in [6.45, 7) is 2.87. The molecule has 4 nitrogen and oxygen atoms in total. The Morgan fingerprint density at radius 2 is 1.59 bits per heavy atom. The number of hydrogen-bond acceptors (Lipinski definition) is 4. The molecule has 0 saturated carbocycles. The Morgan fingerprint density at radius 1 is 0.938 bits per heavy atom. The number of carbonyl (C=O) groups excluding carboxylic acids is 1. The number of carbonyl (C=O) groups is 1. The monoisotopic (exact) mass is 457 g/mol. The first-order valence-electron chi connectivity index (χ1n) is 11.9. The van der Waals surface area contributed by atoms with Crippen molar-refractivity contribution in [2.24, 2.45) is 0 Å². The quantitative estimate of drug-likeness (QED) is 0.258. The molecule has 1 saturated heterocycles. The van der Waals surface area contributed by atoms with Gasteiger partial charge in [0.05, 0.1) is 13.7 Å². The molecule has 0 amide bonds. The van der Waals surface area contributed by atoms with Gasteiger partial charge in [-0.25, -0.2) is 0 Å². The molecule has 1 aliphatic rings. The molecule has 0 N–H and O–H groups in total. The lowest BCUT2D eigenvalue weighted by molar-refractivity contribution is -0.140. The summed E-state index contributed by atoms with van der Waals surface area (Å²) in [6.07, 6.45) is 9.97. The maximum atomic E-state index is 11.2. The zero-order valence-corrected chi connectivity index (χ0v) is 20.0. The number of likely N-dealkylation sites (tertiary alicyclic amines) is 1. The summed E-state index contributed by atoms with van der Waals surface area (Å²) < 4.78 is 11.0. The molecule has 1 unspecified atom stereocenters. The van der Waals surface area contributed by atoms with Crippen molar-refractivity contribution in [3.05, 3.63) is 59.1 Å². The summed E-state index contributed by atoms with van der Waals surface area (Å²) in [7, 11) is 1.45. The van der Waals surface area contributed by atoms with Crippen molar-refractivity contribution in [3.63, 3.8) is 0 Å². The van der Waals surface area contributed by atoms with Gasteiger partial charge in [0.15, 0.2) is 0 Å². The number of esters is 1. The highest BCUT2D eigenvalue weighted by molar-refractivity contribution is 6.30. The molecule has 0 radical (unpaired) electrons. The van der Waals surface area contributed by atoms with Crippen LogP contribution in [0.5, 0.6) is 0 Å². The Labute approximate surface area is 197 Å². The minimum absolute atomic E-state index is 0.0991. The summed E-state index contributed by atoms with van der Waals surface area (Å²) in [5.74, 6) is -0.0991. The fraction of sp³-hybridized carbons (Fsp3) is 0.519. The third-order valence-electron chi connectivity index (χ3n) is 6.18. The average Bonchev–Trinajstić information content (AvgIpc) is 2.83. The second-order valence-corrected chi connectivity index (χ2v) is 9.03. The first-order valence-corrected chi connectivity index (χ1v) is 12.3. The van der Waals surface area contributed by atoms with Gasteiger partial charge in [-0.05, 0) is 60.9 Å². The standard InChI is InChI=1S/C27H36ClNO3/c1-31-27(30)10-5-3-2-4-7-19-29-20-8-6-9-26(29)32-21-22-11-13-23(14-12-22)24-15-17-25(28)18-16-24/h11-18,26H,2-10,19-21H2,1H3. The zero-order valence-electron chi connectivity index (χ0n) is 19.2. The van der Waals surface area contributed by atoms with Crippen molar-refractivity contribution in [2.75, 3.05) is 20.2 Å². The molecule has 174 valence electrons. The molecule has 1 heterocycles. The van der Waals surface area contributed by atoms with Gasteiger partial charge in [-0.3, -0.25) is 9.69 Å². The van der Waals surface area contributed by atoms with Gasteiger partial charge in [-0.2, -0.15) is 0 Å². The van der Waals surface area contributed by atoms with E-state index in [-0.39, 0.29) is 12.2 Å². The smallest absolute Gasteiger partial charge is 0.305 e. The van der Waals surface area contributed by atoms with Gasteiger partial charge in [0.25, 0.3) is 0 Å². The van der Waals surface area contributed by atoms with Crippen LogP contribution in [0.1, 0.15) is 63.4 Å². The van der Waals surface area contributed by atoms with Gasteiger partial charge in [0.2, 0.25) is 0 Å². The Hall–Kier alpha value is -1.88. The van der Waals surface area contributed by atoms with Crippen molar-refractivity contribution in [1.82, 2.24) is 4.90 Å². The van der Waals surface area contributed by atoms with Crippen molar-refractivity contribution in [2.45, 2.75) is 70.6 Å². The van der Waals surface area contributed by atoms with Crippen LogP contribution in [-0.2, 0) is 20.9 Å². The van der Waals surface area contributed by atoms with Gasteiger partial charge in [-0.15, -0.1) is 0 Å².